The molecular weight excluding hydrogens is 415 g/mol. The van der Waals surface area contributed by atoms with E-state index in [1.165, 1.54) is 7.11 Å². The van der Waals surface area contributed by atoms with Crippen LogP contribution in [0.1, 0.15) is 17.1 Å². The van der Waals surface area contributed by atoms with E-state index in [0.29, 0.717) is 47.3 Å². The molecular formula is C20H22F3N5O3. The van der Waals surface area contributed by atoms with Gasteiger partial charge in [-0.2, -0.15) is 13.2 Å². The molecule has 0 saturated heterocycles. The van der Waals surface area contributed by atoms with Crippen molar-refractivity contribution in [2.75, 3.05) is 38.5 Å². The van der Waals surface area contributed by atoms with Crippen LogP contribution in [-0.4, -0.2) is 42.4 Å². The fourth-order valence-corrected chi connectivity index (χ4v) is 2.93. The average Bonchev–Trinajstić information content (AvgIpc) is 2.70. The van der Waals surface area contributed by atoms with Gasteiger partial charge in [0, 0.05) is 18.6 Å². The Morgan fingerprint density at radius 1 is 1.00 bits per heavy atom. The summed E-state index contributed by atoms with van der Waals surface area (Å²) in [6.45, 7) is 2.38. The summed E-state index contributed by atoms with van der Waals surface area (Å²) in [5, 5.41) is 3.64. The number of nitrogens with two attached hydrogens (primary N) is 1. The number of rotatable bonds is 8. The first-order valence-corrected chi connectivity index (χ1v) is 9.27. The number of aromatic nitrogens is 3. The van der Waals surface area contributed by atoms with Gasteiger partial charge in [-0.25, -0.2) is 15.0 Å². The Morgan fingerprint density at radius 2 is 1.77 bits per heavy atom. The number of anilines is 2. The largest absolute Gasteiger partial charge is 0.493 e. The van der Waals surface area contributed by atoms with Crippen molar-refractivity contribution in [3.05, 3.63) is 41.3 Å². The summed E-state index contributed by atoms with van der Waals surface area (Å²) in [6.07, 6.45) is -4.52. The molecule has 8 nitrogen and oxygen atoms in total. The second-order valence-electron chi connectivity index (χ2n) is 6.60. The second-order valence-corrected chi connectivity index (χ2v) is 6.60. The van der Waals surface area contributed by atoms with Gasteiger partial charge in [0.1, 0.15) is 24.1 Å². The first-order valence-electron chi connectivity index (χ1n) is 9.27. The Balaban J connectivity index is 1.94. The quantitative estimate of drug-likeness (QED) is 0.516. The summed E-state index contributed by atoms with van der Waals surface area (Å²) < 4.78 is 55.2. The Labute approximate surface area is 176 Å². The zero-order chi connectivity index (χ0) is 22.6. The minimum absolute atomic E-state index is 0.0223. The van der Waals surface area contributed by atoms with Crippen LogP contribution in [0, 0.1) is 6.92 Å². The van der Waals surface area contributed by atoms with Crippen LogP contribution in [0.15, 0.2) is 24.3 Å². The number of alkyl halides is 3. The van der Waals surface area contributed by atoms with Crippen molar-refractivity contribution in [1.29, 1.82) is 0 Å². The smallest absolute Gasteiger partial charge is 0.416 e. The van der Waals surface area contributed by atoms with Crippen molar-refractivity contribution in [1.82, 2.24) is 15.0 Å². The molecule has 1 aromatic carbocycles. The number of aryl methyl sites for hydroxylation is 1. The molecule has 3 aromatic rings. The minimum Gasteiger partial charge on any atom is -0.493 e. The minimum atomic E-state index is -4.52. The summed E-state index contributed by atoms with van der Waals surface area (Å²) >= 11 is 0. The molecule has 0 amide bonds. The normalized spacial score (nSPS) is 11.5. The Hall–Kier alpha value is -3.34. The number of hydrogen-bond acceptors (Lipinski definition) is 8. The van der Waals surface area contributed by atoms with Gasteiger partial charge in [-0.3, -0.25) is 0 Å². The number of ether oxygens (including phenoxy) is 3. The highest BCUT2D eigenvalue weighted by atomic mass is 19.4. The number of nitrogens with zero attached hydrogens (tertiary/aromatic N) is 3. The lowest BCUT2D eigenvalue weighted by Gasteiger charge is -2.15. The van der Waals surface area contributed by atoms with E-state index >= 15 is 0 Å². The number of hydrogen-bond donors (Lipinski definition) is 2. The molecule has 0 spiro atoms. The summed E-state index contributed by atoms with van der Waals surface area (Å²) in [4.78, 5) is 12.8. The first-order chi connectivity index (χ1) is 14.7. The Morgan fingerprint density at radius 3 is 2.45 bits per heavy atom. The summed E-state index contributed by atoms with van der Waals surface area (Å²) in [7, 11) is 3.08. The van der Waals surface area contributed by atoms with Crippen LogP contribution >= 0.6 is 0 Å². The van der Waals surface area contributed by atoms with Gasteiger partial charge in [0.25, 0.3) is 0 Å². The number of pyridine rings is 1. The van der Waals surface area contributed by atoms with Crippen LogP contribution in [0.4, 0.5) is 24.8 Å². The highest BCUT2D eigenvalue weighted by molar-refractivity contribution is 5.91. The lowest BCUT2D eigenvalue weighted by atomic mass is 10.2. The predicted molar refractivity (Wildman–Crippen MR) is 109 cm³/mol. The number of nitrogens with one attached hydrogen (secondary N) is 1. The van der Waals surface area contributed by atoms with E-state index in [-0.39, 0.29) is 18.1 Å². The van der Waals surface area contributed by atoms with E-state index in [1.807, 2.05) is 0 Å². The molecule has 0 saturated carbocycles. The standard InChI is InChI=1S/C20H22F3N5O3/c1-11-26-15-9-16(30-3)17(31-5-4-29-2)8-14(15)19(27-11)25-10-13-6-12(20(21,22)23)7-18(24)28-13/h6-9H,4-5,10H2,1-3H3,(H2,24,28)(H,25,26,27). The second kappa shape index (κ2) is 9.21. The van der Waals surface area contributed by atoms with Gasteiger partial charge in [0.2, 0.25) is 0 Å². The van der Waals surface area contributed by atoms with Crippen LogP contribution in [-0.2, 0) is 17.5 Å². The van der Waals surface area contributed by atoms with Crippen molar-refractivity contribution in [3.8, 4) is 11.5 Å². The molecule has 166 valence electrons. The van der Waals surface area contributed by atoms with Crippen LogP contribution in [0.5, 0.6) is 11.5 Å². The average molecular weight is 437 g/mol. The Bertz CT molecular complexity index is 1080. The van der Waals surface area contributed by atoms with Crippen molar-refractivity contribution in [2.45, 2.75) is 19.6 Å². The fourth-order valence-electron chi connectivity index (χ4n) is 2.93. The number of fused-ring (bicyclic) bond motifs is 1. The maximum atomic E-state index is 13.1. The van der Waals surface area contributed by atoms with E-state index < -0.39 is 11.7 Å². The highest BCUT2D eigenvalue weighted by Crippen LogP contribution is 2.35. The summed E-state index contributed by atoms with van der Waals surface area (Å²) in [5.41, 5.74) is 5.39. The van der Waals surface area contributed by atoms with Crippen molar-refractivity contribution in [3.63, 3.8) is 0 Å². The number of methoxy groups -OCH3 is 2. The van der Waals surface area contributed by atoms with Gasteiger partial charge in [0.05, 0.1) is 37.0 Å². The molecule has 0 radical (unpaired) electrons. The highest BCUT2D eigenvalue weighted by Gasteiger charge is 2.31. The topological polar surface area (TPSA) is 104 Å². The molecule has 0 unspecified atom stereocenters. The van der Waals surface area contributed by atoms with Crippen LogP contribution in [0.3, 0.4) is 0 Å². The summed E-state index contributed by atoms with van der Waals surface area (Å²) in [6, 6.07) is 5.16. The Kier molecular flexibility index (Phi) is 6.64. The molecule has 2 heterocycles. The van der Waals surface area contributed by atoms with Crippen molar-refractivity contribution < 1.29 is 27.4 Å². The number of benzene rings is 1. The van der Waals surface area contributed by atoms with Gasteiger partial charge in [-0.1, -0.05) is 0 Å². The van der Waals surface area contributed by atoms with E-state index in [1.54, 1.807) is 26.2 Å². The van der Waals surface area contributed by atoms with E-state index in [2.05, 4.69) is 20.3 Å². The third-order valence-electron chi connectivity index (χ3n) is 4.30. The van der Waals surface area contributed by atoms with Crippen LogP contribution < -0.4 is 20.5 Å². The third kappa shape index (κ3) is 5.43. The summed E-state index contributed by atoms with van der Waals surface area (Å²) in [5.74, 6) is 1.62. The maximum Gasteiger partial charge on any atom is 0.416 e. The molecule has 0 aliphatic rings. The maximum absolute atomic E-state index is 13.1. The zero-order valence-corrected chi connectivity index (χ0v) is 17.2. The first kappa shape index (κ1) is 22.3. The third-order valence-corrected chi connectivity index (χ3v) is 4.30. The molecule has 2 aromatic heterocycles. The molecule has 0 bridgehead atoms. The predicted octanol–water partition coefficient (Wildman–Crippen LogP) is 3.58. The SMILES string of the molecule is COCCOc1cc2c(NCc3cc(C(F)(F)F)cc(N)n3)nc(C)nc2cc1OC. The van der Waals surface area contributed by atoms with Crippen molar-refractivity contribution in [2.24, 2.45) is 0 Å². The monoisotopic (exact) mass is 437 g/mol. The van der Waals surface area contributed by atoms with Gasteiger partial charge in [-0.15, -0.1) is 0 Å². The van der Waals surface area contributed by atoms with E-state index in [0.717, 1.165) is 12.1 Å². The molecule has 0 atom stereocenters. The van der Waals surface area contributed by atoms with Gasteiger partial charge in [0.15, 0.2) is 11.5 Å². The van der Waals surface area contributed by atoms with Crippen LogP contribution in [0.25, 0.3) is 10.9 Å². The van der Waals surface area contributed by atoms with Gasteiger partial charge in [-0.05, 0) is 25.1 Å². The molecule has 0 fully saturated rings. The van der Waals surface area contributed by atoms with E-state index in [9.17, 15) is 13.2 Å². The molecule has 0 aliphatic heterocycles. The zero-order valence-electron chi connectivity index (χ0n) is 17.2. The number of nitrogen functional groups attached to an aromatic ring is 1. The molecule has 11 heteroatoms. The van der Waals surface area contributed by atoms with E-state index in [4.69, 9.17) is 19.9 Å². The molecule has 3 N–H and O–H groups in total. The molecule has 3 rings (SSSR count). The fraction of sp³-hybridized carbons (Fsp3) is 0.350. The van der Waals surface area contributed by atoms with Gasteiger partial charge < -0.3 is 25.3 Å². The molecule has 31 heavy (non-hydrogen) atoms. The number of halogens is 3. The lowest BCUT2D eigenvalue weighted by Crippen LogP contribution is -2.11. The lowest BCUT2D eigenvalue weighted by molar-refractivity contribution is -0.137. The molecule has 0 aliphatic carbocycles. The van der Waals surface area contributed by atoms with Crippen molar-refractivity contribution >= 4 is 22.5 Å². The van der Waals surface area contributed by atoms with Crippen LogP contribution in [0.2, 0.25) is 0 Å². The van der Waals surface area contributed by atoms with Gasteiger partial charge >= 0.3 is 6.18 Å².